The molecule has 1 N–H and O–H groups in total. The summed E-state index contributed by atoms with van der Waals surface area (Å²) >= 11 is 0. The Kier molecular flexibility index (Phi) is 6.57. The number of likely N-dealkylation sites (N-methyl/N-ethyl adjacent to an activating group) is 1. The van der Waals surface area contributed by atoms with E-state index in [-0.39, 0.29) is 5.60 Å². The van der Waals surface area contributed by atoms with Crippen molar-refractivity contribution in [3.63, 3.8) is 0 Å². The molecule has 0 spiro atoms. The van der Waals surface area contributed by atoms with E-state index in [1.165, 1.54) is 0 Å². The smallest absolute Gasteiger partial charge is 0.0787 e. The molecule has 1 saturated heterocycles. The predicted octanol–water partition coefficient (Wildman–Crippen LogP) is 1.50. The van der Waals surface area contributed by atoms with E-state index < -0.39 is 0 Å². The molecule has 18 heavy (non-hydrogen) atoms. The summed E-state index contributed by atoms with van der Waals surface area (Å²) in [6.07, 6.45) is 1.46. The third-order valence-electron chi connectivity index (χ3n) is 3.79. The first-order chi connectivity index (χ1) is 8.49. The van der Waals surface area contributed by atoms with Crippen LogP contribution in [0.1, 0.15) is 34.1 Å². The van der Waals surface area contributed by atoms with Crippen molar-refractivity contribution in [2.24, 2.45) is 0 Å². The van der Waals surface area contributed by atoms with Gasteiger partial charge in [0.05, 0.1) is 11.7 Å². The molecular weight excluding hydrogens is 228 g/mol. The number of nitrogens with zero attached hydrogens (tertiary/aromatic N) is 1. The average molecular weight is 258 g/mol. The number of nitrogens with one attached hydrogen (secondary N) is 1. The Balaban J connectivity index is 2.58. The molecule has 0 aliphatic carbocycles. The van der Waals surface area contributed by atoms with Crippen LogP contribution in [-0.2, 0) is 9.47 Å². The van der Waals surface area contributed by atoms with E-state index in [9.17, 15) is 0 Å². The van der Waals surface area contributed by atoms with E-state index in [0.717, 1.165) is 39.2 Å². The molecule has 2 unspecified atom stereocenters. The average Bonchev–Trinajstić information content (AvgIpc) is 2.53. The molecule has 1 heterocycles. The summed E-state index contributed by atoms with van der Waals surface area (Å²) in [6, 6.07) is 0.345. The standard InChI is InChI=1S/C14H30N2O2/c1-6-15-13(14(3,4)17-5)11-16-8-7-9-18-12(2)10-16/h12-13,15H,6-11H2,1-5H3. The SMILES string of the molecule is CCNC(CN1CCCOC(C)C1)C(C)(C)OC. The van der Waals surface area contributed by atoms with Crippen molar-refractivity contribution in [1.29, 1.82) is 0 Å². The Hall–Kier alpha value is -0.160. The summed E-state index contributed by atoms with van der Waals surface area (Å²) in [6.45, 7) is 13.6. The summed E-state index contributed by atoms with van der Waals surface area (Å²) < 4.78 is 11.3. The van der Waals surface area contributed by atoms with Gasteiger partial charge in [0.25, 0.3) is 0 Å². The zero-order chi connectivity index (χ0) is 13.6. The highest BCUT2D eigenvalue weighted by Crippen LogP contribution is 2.16. The Bertz CT molecular complexity index is 234. The van der Waals surface area contributed by atoms with Crippen LogP contribution in [-0.4, -0.2) is 62.5 Å². The van der Waals surface area contributed by atoms with Crippen molar-refractivity contribution in [3.05, 3.63) is 0 Å². The molecule has 4 heteroatoms. The number of methoxy groups -OCH3 is 1. The maximum absolute atomic E-state index is 5.69. The molecule has 0 bridgehead atoms. The van der Waals surface area contributed by atoms with Crippen molar-refractivity contribution < 1.29 is 9.47 Å². The second kappa shape index (κ2) is 7.43. The summed E-state index contributed by atoms with van der Waals surface area (Å²) in [5, 5.41) is 3.55. The Morgan fingerprint density at radius 1 is 1.50 bits per heavy atom. The lowest BCUT2D eigenvalue weighted by Crippen LogP contribution is -2.54. The molecule has 0 aromatic carbocycles. The normalized spacial score (nSPS) is 24.8. The number of rotatable bonds is 6. The highest BCUT2D eigenvalue weighted by molar-refractivity contribution is 4.88. The fraction of sp³-hybridized carbons (Fsp3) is 1.00. The maximum atomic E-state index is 5.69. The van der Waals surface area contributed by atoms with Crippen LogP contribution < -0.4 is 5.32 Å². The van der Waals surface area contributed by atoms with Crippen molar-refractivity contribution in [2.45, 2.75) is 51.9 Å². The fourth-order valence-electron chi connectivity index (χ4n) is 2.42. The molecule has 1 aliphatic heterocycles. The fourth-order valence-corrected chi connectivity index (χ4v) is 2.42. The largest absolute Gasteiger partial charge is 0.377 e. The highest BCUT2D eigenvalue weighted by atomic mass is 16.5. The quantitative estimate of drug-likeness (QED) is 0.783. The Morgan fingerprint density at radius 2 is 2.22 bits per heavy atom. The monoisotopic (exact) mass is 258 g/mol. The van der Waals surface area contributed by atoms with Crippen LogP contribution in [0.5, 0.6) is 0 Å². The van der Waals surface area contributed by atoms with Crippen molar-refractivity contribution in [3.8, 4) is 0 Å². The summed E-state index contributed by atoms with van der Waals surface area (Å²) in [4.78, 5) is 2.49. The minimum atomic E-state index is -0.146. The second-order valence-electron chi connectivity index (χ2n) is 5.71. The van der Waals surface area contributed by atoms with Crippen molar-refractivity contribution >= 4 is 0 Å². The van der Waals surface area contributed by atoms with E-state index in [2.05, 4.69) is 37.9 Å². The minimum Gasteiger partial charge on any atom is -0.377 e. The molecule has 4 nitrogen and oxygen atoms in total. The lowest BCUT2D eigenvalue weighted by molar-refractivity contribution is -0.0214. The van der Waals surface area contributed by atoms with Gasteiger partial charge in [-0.15, -0.1) is 0 Å². The van der Waals surface area contributed by atoms with Gasteiger partial charge in [-0.05, 0) is 33.7 Å². The highest BCUT2D eigenvalue weighted by Gasteiger charge is 2.30. The van der Waals surface area contributed by atoms with Crippen LogP contribution in [0.15, 0.2) is 0 Å². The van der Waals surface area contributed by atoms with Crippen LogP contribution in [0.2, 0.25) is 0 Å². The van der Waals surface area contributed by atoms with Crippen molar-refractivity contribution in [1.82, 2.24) is 10.2 Å². The first kappa shape index (κ1) is 15.9. The minimum absolute atomic E-state index is 0.146. The van der Waals surface area contributed by atoms with E-state index in [1.807, 2.05) is 0 Å². The molecular formula is C14H30N2O2. The molecule has 0 aromatic rings. The number of ether oxygens (including phenoxy) is 2. The summed E-state index contributed by atoms with van der Waals surface area (Å²) in [5.41, 5.74) is -0.146. The maximum Gasteiger partial charge on any atom is 0.0787 e. The molecule has 1 fully saturated rings. The second-order valence-corrected chi connectivity index (χ2v) is 5.71. The van der Waals surface area contributed by atoms with E-state index in [4.69, 9.17) is 9.47 Å². The molecule has 1 aliphatic rings. The third-order valence-corrected chi connectivity index (χ3v) is 3.79. The van der Waals surface area contributed by atoms with Gasteiger partial charge < -0.3 is 14.8 Å². The molecule has 1 rings (SSSR count). The van der Waals surface area contributed by atoms with Gasteiger partial charge in [-0.1, -0.05) is 6.92 Å². The lowest BCUT2D eigenvalue weighted by Gasteiger charge is -2.37. The van der Waals surface area contributed by atoms with Gasteiger partial charge in [0, 0.05) is 39.4 Å². The first-order valence-corrected chi connectivity index (χ1v) is 7.12. The molecule has 0 saturated carbocycles. The van der Waals surface area contributed by atoms with E-state index >= 15 is 0 Å². The summed E-state index contributed by atoms with van der Waals surface area (Å²) in [5.74, 6) is 0. The molecule has 0 aromatic heterocycles. The van der Waals surface area contributed by atoms with Gasteiger partial charge in [0.2, 0.25) is 0 Å². The van der Waals surface area contributed by atoms with Crippen LogP contribution in [0, 0.1) is 0 Å². The van der Waals surface area contributed by atoms with Crippen LogP contribution in [0.4, 0.5) is 0 Å². The number of hydrogen-bond donors (Lipinski definition) is 1. The summed E-state index contributed by atoms with van der Waals surface area (Å²) in [7, 11) is 1.79. The van der Waals surface area contributed by atoms with Gasteiger partial charge in [0.1, 0.15) is 0 Å². The van der Waals surface area contributed by atoms with E-state index in [0.29, 0.717) is 12.1 Å². The zero-order valence-electron chi connectivity index (χ0n) is 12.7. The molecule has 0 radical (unpaired) electrons. The van der Waals surface area contributed by atoms with Crippen LogP contribution in [0.25, 0.3) is 0 Å². The van der Waals surface area contributed by atoms with Gasteiger partial charge >= 0.3 is 0 Å². The van der Waals surface area contributed by atoms with Crippen molar-refractivity contribution in [2.75, 3.05) is 39.9 Å². The third kappa shape index (κ3) is 4.84. The predicted molar refractivity (Wildman–Crippen MR) is 75.0 cm³/mol. The molecule has 108 valence electrons. The van der Waals surface area contributed by atoms with Crippen LogP contribution >= 0.6 is 0 Å². The zero-order valence-corrected chi connectivity index (χ0v) is 12.7. The van der Waals surface area contributed by atoms with E-state index in [1.54, 1.807) is 7.11 Å². The topological polar surface area (TPSA) is 33.7 Å². The molecule has 2 atom stereocenters. The van der Waals surface area contributed by atoms with Gasteiger partial charge in [-0.2, -0.15) is 0 Å². The van der Waals surface area contributed by atoms with Gasteiger partial charge in [-0.3, -0.25) is 4.90 Å². The Morgan fingerprint density at radius 3 is 2.83 bits per heavy atom. The lowest BCUT2D eigenvalue weighted by atomic mass is 9.97. The first-order valence-electron chi connectivity index (χ1n) is 7.12. The van der Waals surface area contributed by atoms with Gasteiger partial charge in [0.15, 0.2) is 0 Å². The van der Waals surface area contributed by atoms with Gasteiger partial charge in [-0.25, -0.2) is 0 Å². The number of hydrogen-bond acceptors (Lipinski definition) is 4. The molecule has 0 amide bonds. The Labute approximate surface area is 112 Å². The van der Waals surface area contributed by atoms with Crippen LogP contribution in [0.3, 0.4) is 0 Å².